The normalized spacial score (nSPS) is 11.0. The van der Waals surface area contributed by atoms with Gasteiger partial charge in [-0.25, -0.2) is 10.5 Å². The minimum absolute atomic E-state index is 0.0402. The van der Waals surface area contributed by atoms with E-state index in [9.17, 15) is 9.59 Å². The number of thiazole rings is 1. The first-order valence-electron chi connectivity index (χ1n) is 5.00. The molecule has 0 atom stereocenters. The molecule has 0 spiro atoms. The van der Waals surface area contributed by atoms with Gasteiger partial charge in [0.15, 0.2) is 4.96 Å². The molecule has 2 rings (SSSR count). The van der Waals surface area contributed by atoms with Crippen LogP contribution in [0.4, 0.5) is 0 Å². The van der Waals surface area contributed by atoms with Crippen molar-refractivity contribution in [1.29, 1.82) is 0 Å². The lowest BCUT2D eigenvalue weighted by atomic mass is 10.3. The van der Waals surface area contributed by atoms with Crippen LogP contribution in [-0.4, -0.2) is 21.4 Å². The Kier molecular flexibility index (Phi) is 3.21. The van der Waals surface area contributed by atoms with Gasteiger partial charge in [0, 0.05) is 17.8 Å². The monoisotopic (exact) mass is 253 g/mol. The van der Waals surface area contributed by atoms with Crippen molar-refractivity contribution >= 4 is 22.2 Å². The fraction of sp³-hybridized carbons (Fsp3) is 0.300. The van der Waals surface area contributed by atoms with Gasteiger partial charge in [-0.2, -0.15) is 0 Å². The number of hydroxylamine groups is 1. The molecule has 0 aromatic carbocycles. The minimum Gasteiger partial charge on any atom is -0.271 e. The molecule has 0 radical (unpaired) electrons. The van der Waals surface area contributed by atoms with Crippen molar-refractivity contribution in [3.05, 3.63) is 33.7 Å². The van der Waals surface area contributed by atoms with E-state index < -0.39 is 11.5 Å². The number of nitrogens with one attached hydrogen (secondary N) is 1. The van der Waals surface area contributed by atoms with Crippen LogP contribution >= 0.6 is 11.3 Å². The quantitative estimate of drug-likeness (QED) is 0.822. The number of amides is 1. The van der Waals surface area contributed by atoms with Crippen molar-refractivity contribution < 1.29 is 9.63 Å². The maximum atomic E-state index is 11.9. The van der Waals surface area contributed by atoms with Crippen LogP contribution in [0.2, 0.25) is 0 Å². The van der Waals surface area contributed by atoms with Crippen molar-refractivity contribution in [2.75, 3.05) is 0 Å². The Morgan fingerprint density at radius 3 is 3.06 bits per heavy atom. The van der Waals surface area contributed by atoms with Gasteiger partial charge in [-0.3, -0.25) is 18.8 Å². The Labute approximate surface area is 101 Å². The van der Waals surface area contributed by atoms with E-state index in [-0.39, 0.29) is 11.7 Å². The first-order valence-corrected chi connectivity index (χ1v) is 5.88. The molecule has 0 saturated heterocycles. The first-order chi connectivity index (χ1) is 8.09. The summed E-state index contributed by atoms with van der Waals surface area (Å²) in [6.07, 6.45) is 2.68. The van der Waals surface area contributed by atoms with Gasteiger partial charge in [0.2, 0.25) is 0 Å². The van der Waals surface area contributed by atoms with Crippen LogP contribution in [0.1, 0.15) is 24.2 Å². The maximum Gasteiger partial charge on any atom is 0.282 e. The molecule has 2 aromatic heterocycles. The topological polar surface area (TPSA) is 72.7 Å². The van der Waals surface area contributed by atoms with Crippen LogP contribution in [0, 0.1) is 0 Å². The number of carbonyl (C=O) groups excluding carboxylic acids is 1. The van der Waals surface area contributed by atoms with Gasteiger partial charge in [0.05, 0.1) is 6.10 Å². The molecule has 17 heavy (non-hydrogen) atoms. The molecule has 0 saturated carbocycles. The predicted octanol–water partition coefficient (Wildman–Crippen LogP) is 0.826. The third kappa shape index (κ3) is 2.34. The molecule has 0 aliphatic heterocycles. The van der Waals surface area contributed by atoms with Gasteiger partial charge in [0.1, 0.15) is 5.56 Å². The number of rotatable bonds is 3. The summed E-state index contributed by atoms with van der Waals surface area (Å²) in [7, 11) is 0. The van der Waals surface area contributed by atoms with Crippen molar-refractivity contribution in [2.45, 2.75) is 20.0 Å². The fourth-order valence-corrected chi connectivity index (χ4v) is 1.88. The summed E-state index contributed by atoms with van der Waals surface area (Å²) in [6.45, 7) is 3.54. The lowest BCUT2D eigenvalue weighted by molar-refractivity contribution is 0.0000540. The van der Waals surface area contributed by atoms with E-state index in [1.807, 2.05) is 0 Å². The van der Waals surface area contributed by atoms with E-state index >= 15 is 0 Å². The highest BCUT2D eigenvalue weighted by molar-refractivity contribution is 7.15. The third-order valence-electron chi connectivity index (χ3n) is 1.97. The molecule has 2 aromatic rings. The molecular formula is C10H11N3O3S. The summed E-state index contributed by atoms with van der Waals surface area (Å²) in [4.78, 5) is 33.0. The van der Waals surface area contributed by atoms with Crippen molar-refractivity contribution in [3.63, 3.8) is 0 Å². The summed E-state index contributed by atoms with van der Waals surface area (Å²) in [5.41, 5.74) is 1.77. The molecule has 6 nitrogen and oxygen atoms in total. The van der Waals surface area contributed by atoms with Gasteiger partial charge in [-0.05, 0) is 13.8 Å². The van der Waals surface area contributed by atoms with Gasteiger partial charge in [-0.15, -0.1) is 11.3 Å². The maximum absolute atomic E-state index is 11.9. The number of nitrogens with zero attached hydrogens (tertiary/aromatic N) is 2. The molecule has 0 aliphatic rings. The molecule has 1 N–H and O–H groups in total. The lowest BCUT2D eigenvalue weighted by Crippen LogP contribution is -2.32. The molecule has 90 valence electrons. The number of carbonyl (C=O) groups is 1. The predicted molar refractivity (Wildman–Crippen MR) is 63.0 cm³/mol. The first kappa shape index (κ1) is 11.7. The van der Waals surface area contributed by atoms with E-state index in [1.54, 1.807) is 25.4 Å². The van der Waals surface area contributed by atoms with Crippen LogP contribution in [-0.2, 0) is 4.84 Å². The number of aromatic nitrogens is 2. The van der Waals surface area contributed by atoms with Crippen LogP contribution in [0.5, 0.6) is 0 Å². The second kappa shape index (κ2) is 4.64. The molecule has 0 aliphatic carbocycles. The lowest BCUT2D eigenvalue weighted by Gasteiger charge is -2.07. The van der Waals surface area contributed by atoms with Crippen molar-refractivity contribution in [3.8, 4) is 0 Å². The summed E-state index contributed by atoms with van der Waals surface area (Å²) >= 11 is 1.33. The highest BCUT2D eigenvalue weighted by Gasteiger charge is 2.14. The van der Waals surface area contributed by atoms with Gasteiger partial charge >= 0.3 is 0 Å². The average molecular weight is 253 g/mol. The highest BCUT2D eigenvalue weighted by Crippen LogP contribution is 2.05. The second-order valence-electron chi connectivity index (χ2n) is 3.63. The molecule has 7 heteroatoms. The molecule has 1 amide bonds. The SMILES string of the molecule is CC(C)ONC(=O)c1cnc2sccn2c1=O. The van der Waals surface area contributed by atoms with Gasteiger partial charge < -0.3 is 0 Å². The Morgan fingerprint density at radius 2 is 2.35 bits per heavy atom. The molecule has 0 unspecified atom stereocenters. The number of hydrogen-bond donors (Lipinski definition) is 1. The molecule has 0 fully saturated rings. The molecule has 2 heterocycles. The van der Waals surface area contributed by atoms with Crippen LogP contribution < -0.4 is 11.0 Å². The van der Waals surface area contributed by atoms with E-state index in [2.05, 4.69) is 10.5 Å². The van der Waals surface area contributed by atoms with Crippen molar-refractivity contribution in [1.82, 2.24) is 14.9 Å². The Morgan fingerprint density at radius 1 is 1.59 bits per heavy atom. The van der Waals surface area contributed by atoms with Crippen LogP contribution in [0.3, 0.4) is 0 Å². The third-order valence-corrected chi connectivity index (χ3v) is 2.75. The van der Waals surface area contributed by atoms with E-state index in [4.69, 9.17) is 4.84 Å². The Bertz CT molecular complexity index is 602. The second-order valence-corrected chi connectivity index (χ2v) is 4.50. The summed E-state index contributed by atoms with van der Waals surface area (Å²) in [6, 6.07) is 0. The number of hydrogen-bond acceptors (Lipinski definition) is 5. The molecule has 0 bridgehead atoms. The van der Waals surface area contributed by atoms with E-state index in [1.165, 1.54) is 21.9 Å². The van der Waals surface area contributed by atoms with E-state index in [0.717, 1.165) is 0 Å². The smallest absolute Gasteiger partial charge is 0.271 e. The van der Waals surface area contributed by atoms with Crippen molar-refractivity contribution in [2.24, 2.45) is 0 Å². The highest BCUT2D eigenvalue weighted by atomic mass is 32.1. The zero-order valence-electron chi connectivity index (χ0n) is 9.34. The van der Waals surface area contributed by atoms with E-state index in [0.29, 0.717) is 4.96 Å². The van der Waals surface area contributed by atoms with Crippen LogP contribution in [0.25, 0.3) is 4.96 Å². The standard InChI is InChI=1S/C10H11N3O3S/c1-6(2)16-12-8(14)7-5-11-10-13(9(7)15)3-4-17-10/h3-6H,1-2H3,(H,12,14). The Hall–Kier alpha value is -1.73. The Balaban J connectivity index is 2.32. The summed E-state index contributed by atoms with van der Waals surface area (Å²) in [5.74, 6) is -0.586. The average Bonchev–Trinajstić information content (AvgIpc) is 2.75. The molecular weight excluding hydrogens is 242 g/mol. The summed E-state index contributed by atoms with van der Waals surface area (Å²) < 4.78 is 1.33. The number of fused-ring (bicyclic) bond motifs is 1. The minimum atomic E-state index is -0.586. The van der Waals surface area contributed by atoms with Gasteiger partial charge in [0.25, 0.3) is 11.5 Å². The zero-order valence-corrected chi connectivity index (χ0v) is 10.2. The summed E-state index contributed by atoms with van der Waals surface area (Å²) in [5, 5.41) is 1.73. The largest absolute Gasteiger partial charge is 0.282 e. The zero-order chi connectivity index (χ0) is 12.4. The van der Waals surface area contributed by atoms with Crippen LogP contribution in [0.15, 0.2) is 22.6 Å². The van der Waals surface area contributed by atoms with Gasteiger partial charge in [-0.1, -0.05) is 0 Å². The fourth-order valence-electron chi connectivity index (χ4n) is 1.21.